The van der Waals surface area contributed by atoms with Gasteiger partial charge in [-0.2, -0.15) is 0 Å². The first-order valence-corrected chi connectivity index (χ1v) is 10.5. The molecule has 2 atom stereocenters. The molecule has 2 aromatic rings. The fourth-order valence-corrected chi connectivity index (χ4v) is 3.96. The van der Waals surface area contributed by atoms with E-state index in [-0.39, 0.29) is 25.6 Å². The average Bonchev–Trinajstić information content (AvgIpc) is 3.11. The molecule has 2 unspecified atom stereocenters. The summed E-state index contributed by atoms with van der Waals surface area (Å²) in [7, 11) is 1.46. The lowest BCUT2D eigenvalue weighted by Crippen LogP contribution is -2.51. The van der Waals surface area contributed by atoms with Gasteiger partial charge in [0.25, 0.3) is 0 Å². The number of carbonyl (C=O) groups is 3. The molecule has 0 spiro atoms. The van der Waals surface area contributed by atoms with Crippen LogP contribution in [0, 0.1) is 12.3 Å². The van der Waals surface area contributed by atoms with Gasteiger partial charge in [-0.3, -0.25) is 9.59 Å². The van der Waals surface area contributed by atoms with E-state index < -0.39 is 36.5 Å². The highest BCUT2D eigenvalue weighted by molar-refractivity contribution is 5.89. The lowest BCUT2D eigenvalue weighted by Gasteiger charge is -2.21. The van der Waals surface area contributed by atoms with E-state index in [9.17, 15) is 19.5 Å². The fourth-order valence-electron chi connectivity index (χ4n) is 3.96. The van der Waals surface area contributed by atoms with Crippen LogP contribution in [0.25, 0.3) is 11.1 Å². The van der Waals surface area contributed by atoms with Gasteiger partial charge in [0.15, 0.2) is 0 Å². The van der Waals surface area contributed by atoms with Gasteiger partial charge in [0, 0.05) is 19.4 Å². The second-order valence-electron chi connectivity index (χ2n) is 7.69. The second-order valence-corrected chi connectivity index (χ2v) is 7.69. The molecule has 0 aliphatic heterocycles. The monoisotopic (exact) mass is 450 g/mol. The molecule has 172 valence electrons. The molecular formula is C25H26N2O6. The van der Waals surface area contributed by atoms with E-state index in [0.29, 0.717) is 0 Å². The minimum atomic E-state index is -1.32. The van der Waals surface area contributed by atoms with Crippen LogP contribution in [0.2, 0.25) is 0 Å². The maximum Gasteiger partial charge on any atom is 0.407 e. The first-order valence-electron chi connectivity index (χ1n) is 10.5. The molecule has 1 aliphatic carbocycles. The van der Waals surface area contributed by atoms with Gasteiger partial charge < -0.3 is 25.2 Å². The Morgan fingerprint density at radius 2 is 1.67 bits per heavy atom. The fraction of sp³-hybridized carbons (Fsp3) is 0.320. The Hall–Kier alpha value is -3.83. The Bertz CT molecular complexity index is 1020. The van der Waals surface area contributed by atoms with E-state index in [4.69, 9.17) is 15.9 Å². The molecule has 3 N–H and O–H groups in total. The summed E-state index contributed by atoms with van der Waals surface area (Å²) in [5.74, 6) is 0.348. The molecular weight excluding hydrogens is 424 g/mol. The SMILES string of the molecule is C#CCC(COC)NC(=O)C(CC(=O)O)NC(=O)OCC1c2ccccc2-c2ccccc21. The average molecular weight is 450 g/mol. The summed E-state index contributed by atoms with van der Waals surface area (Å²) in [5.41, 5.74) is 4.26. The predicted molar refractivity (Wildman–Crippen MR) is 122 cm³/mol. The number of aliphatic carboxylic acids is 1. The number of carboxylic acids is 1. The largest absolute Gasteiger partial charge is 0.481 e. The molecule has 0 fully saturated rings. The summed E-state index contributed by atoms with van der Waals surface area (Å²) in [6.45, 7) is 0.200. The number of rotatable bonds is 10. The highest BCUT2D eigenvalue weighted by Crippen LogP contribution is 2.44. The molecule has 33 heavy (non-hydrogen) atoms. The summed E-state index contributed by atoms with van der Waals surface area (Å²) in [4.78, 5) is 36.3. The molecule has 8 nitrogen and oxygen atoms in total. The second kappa shape index (κ2) is 11.2. The molecule has 1 aliphatic rings. The maximum absolute atomic E-state index is 12.6. The molecule has 0 heterocycles. The van der Waals surface area contributed by atoms with Crippen LogP contribution in [0.15, 0.2) is 48.5 Å². The Morgan fingerprint density at radius 1 is 1.06 bits per heavy atom. The zero-order valence-corrected chi connectivity index (χ0v) is 18.2. The number of hydrogen-bond acceptors (Lipinski definition) is 5. The molecule has 0 aromatic heterocycles. The third-order valence-corrected chi connectivity index (χ3v) is 5.41. The van der Waals surface area contributed by atoms with Gasteiger partial charge in [-0.1, -0.05) is 48.5 Å². The van der Waals surface area contributed by atoms with Crippen molar-refractivity contribution in [2.75, 3.05) is 20.3 Å². The van der Waals surface area contributed by atoms with Crippen molar-refractivity contribution < 1.29 is 29.0 Å². The Labute approximate surface area is 192 Å². The summed E-state index contributed by atoms with van der Waals surface area (Å²) in [6, 6.07) is 14.0. The molecule has 0 bridgehead atoms. The van der Waals surface area contributed by atoms with Gasteiger partial charge in [-0.05, 0) is 22.3 Å². The van der Waals surface area contributed by atoms with Gasteiger partial charge >= 0.3 is 12.1 Å². The van der Waals surface area contributed by atoms with Crippen LogP contribution in [0.4, 0.5) is 4.79 Å². The number of carbonyl (C=O) groups excluding carboxylic acids is 2. The van der Waals surface area contributed by atoms with Crippen LogP contribution in [0.3, 0.4) is 0 Å². The third-order valence-electron chi connectivity index (χ3n) is 5.41. The summed E-state index contributed by atoms with van der Waals surface area (Å²) in [6.07, 6.45) is 4.02. The number of alkyl carbamates (subject to hydrolysis) is 1. The van der Waals surface area contributed by atoms with E-state index >= 15 is 0 Å². The normalized spacial score (nSPS) is 13.7. The van der Waals surface area contributed by atoms with Crippen LogP contribution in [-0.2, 0) is 19.1 Å². The first-order chi connectivity index (χ1) is 15.9. The standard InChI is InChI=1S/C25H26N2O6/c1-3-8-16(14-32-2)26-24(30)22(13-23(28)29)27-25(31)33-15-21-19-11-6-4-9-17(19)18-10-5-7-12-20(18)21/h1,4-7,9-12,16,21-22H,8,13-15H2,2H3,(H,26,30)(H,27,31)(H,28,29). The molecule has 0 saturated carbocycles. The number of carboxylic acid groups (broad SMARTS) is 1. The molecule has 2 amide bonds. The maximum atomic E-state index is 12.6. The molecule has 0 radical (unpaired) electrons. The van der Waals surface area contributed by atoms with Crippen LogP contribution < -0.4 is 10.6 Å². The van der Waals surface area contributed by atoms with Crippen molar-refractivity contribution in [3.05, 3.63) is 59.7 Å². The van der Waals surface area contributed by atoms with E-state index in [1.54, 1.807) is 0 Å². The molecule has 2 aromatic carbocycles. The number of methoxy groups -OCH3 is 1. The van der Waals surface area contributed by atoms with Gasteiger partial charge in [-0.25, -0.2) is 4.79 Å². The van der Waals surface area contributed by atoms with Gasteiger partial charge in [-0.15, -0.1) is 12.3 Å². The van der Waals surface area contributed by atoms with Crippen molar-refractivity contribution in [1.29, 1.82) is 0 Å². The highest BCUT2D eigenvalue weighted by Gasteiger charge is 2.30. The number of benzene rings is 2. The van der Waals surface area contributed by atoms with Crippen molar-refractivity contribution >= 4 is 18.0 Å². The molecule has 0 saturated heterocycles. The lowest BCUT2D eigenvalue weighted by atomic mass is 9.98. The Morgan fingerprint density at radius 3 is 2.21 bits per heavy atom. The Balaban J connectivity index is 1.66. The van der Waals surface area contributed by atoms with E-state index in [1.807, 2.05) is 48.5 Å². The summed E-state index contributed by atoms with van der Waals surface area (Å²) < 4.78 is 10.4. The van der Waals surface area contributed by atoms with Crippen molar-refractivity contribution in [2.24, 2.45) is 0 Å². The smallest absolute Gasteiger partial charge is 0.407 e. The zero-order valence-electron chi connectivity index (χ0n) is 18.2. The first kappa shape index (κ1) is 23.8. The van der Waals surface area contributed by atoms with Gasteiger partial charge in [0.05, 0.1) is 19.1 Å². The van der Waals surface area contributed by atoms with Crippen molar-refractivity contribution in [2.45, 2.75) is 30.8 Å². The van der Waals surface area contributed by atoms with Crippen LogP contribution in [-0.4, -0.2) is 55.5 Å². The quantitative estimate of drug-likeness (QED) is 0.480. The predicted octanol–water partition coefficient (Wildman–Crippen LogP) is 2.52. The van der Waals surface area contributed by atoms with E-state index in [0.717, 1.165) is 22.3 Å². The minimum Gasteiger partial charge on any atom is -0.481 e. The summed E-state index contributed by atoms with van der Waals surface area (Å²) >= 11 is 0. The van der Waals surface area contributed by atoms with Crippen LogP contribution in [0.1, 0.15) is 29.9 Å². The Kier molecular flexibility index (Phi) is 8.06. The van der Waals surface area contributed by atoms with Gasteiger partial charge in [0.1, 0.15) is 12.6 Å². The van der Waals surface area contributed by atoms with Crippen molar-refractivity contribution in [3.63, 3.8) is 0 Å². The van der Waals surface area contributed by atoms with Crippen LogP contribution >= 0.6 is 0 Å². The molecule has 3 rings (SSSR count). The van der Waals surface area contributed by atoms with Crippen LogP contribution in [0.5, 0.6) is 0 Å². The van der Waals surface area contributed by atoms with Gasteiger partial charge in [0.2, 0.25) is 5.91 Å². The topological polar surface area (TPSA) is 114 Å². The number of ether oxygens (including phenoxy) is 2. The number of nitrogens with one attached hydrogen (secondary N) is 2. The third kappa shape index (κ3) is 5.90. The number of hydrogen-bond donors (Lipinski definition) is 3. The van der Waals surface area contributed by atoms with Crippen molar-refractivity contribution in [1.82, 2.24) is 10.6 Å². The number of amides is 2. The summed E-state index contributed by atoms with van der Waals surface area (Å²) in [5, 5.41) is 14.2. The zero-order chi connectivity index (χ0) is 23.8. The van der Waals surface area contributed by atoms with E-state index in [2.05, 4.69) is 16.6 Å². The minimum absolute atomic E-state index is 0.0463. The number of terminal acetylenes is 1. The number of fused-ring (bicyclic) bond motifs is 3. The highest BCUT2D eigenvalue weighted by atomic mass is 16.5. The van der Waals surface area contributed by atoms with E-state index in [1.165, 1.54) is 7.11 Å². The lowest BCUT2D eigenvalue weighted by molar-refractivity contribution is -0.140. The molecule has 8 heteroatoms. The van der Waals surface area contributed by atoms with Crippen molar-refractivity contribution in [3.8, 4) is 23.5 Å².